The molecule has 0 aliphatic rings. The second-order valence-corrected chi connectivity index (χ2v) is 3.83. The molecular formula is C12H13F3O. The van der Waals surface area contributed by atoms with Crippen molar-refractivity contribution in [2.24, 2.45) is 5.92 Å². The lowest BCUT2D eigenvalue weighted by atomic mass is 9.94. The highest BCUT2D eigenvalue weighted by Crippen LogP contribution is 2.31. The molecule has 0 aromatic heterocycles. The van der Waals surface area contributed by atoms with Gasteiger partial charge in [-0.1, -0.05) is 30.3 Å². The highest BCUT2D eigenvalue weighted by molar-refractivity contribution is 5.75. The first kappa shape index (κ1) is 12.7. The predicted molar refractivity (Wildman–Crippen MR) is 55.0 cm³/mol. The first-order chi connectivity index (χ1) is 7.39. The summed E-state index contributed by atoms with van der Waals surface area (Å²) in [6, 6.07) is 8.40. The Kier molecular flexibility index (Phi) is 4.10. The van der Waals surface area contributed by atoms with Gasteiger partial charge in [-0.25, -0.2) is 0 Å². The van der Waals surface area contributed by atoms with Crippen molar-refractivity contribution in [3.8, 4) is 0 Å². The van der Waals surface area contributed by atoms with Crippen molar-refractivity contribution in [1.82, 2.24) is 0 Å². The van der Waals surface area contributed by atoms with Crippen LogP contribution in [-0.4, -0.2) is 12.0 Å². The SMILES string of the molecule is CC(=O)C[C@H](Cc1ccccc1)C(F)(F)F. The molecule has 0 radical (unpaired) electrons. The van der Waals surface area contributed by atoms with Crippen LogP contribution in [0.15, 0.2) is 30.3 Å². The number of alkyl halides is 3. The third-order valence-electron chi connectivity index (χ3n) is 2.32. The molecule has 0 saturated heterocycles. The number of hydrogen-bond donors (Lipinski definition) is 0. The van der Waals surface area contributed by atoms with Gasteiger partial charge in [0.15, 0.2) is 0 Å². The standard InChI is InChI=1S/C12H13F3O/c1-9(16)7-11(12(13,14)15)8-10-5-3-2-4-6-10/h2-6,11H,7-8H2,1H3/t11-/m1/s1. The van der Waals surface area contributed by atoms with Gasteiger partial charge >= 0.3 is 6.18 Å². The lowest BCUT2D eigenvalue weighted by molar-refractivity contribution is -0.177. The summed E-state index contributed by atoms with van der Waals surface area (Å²) in [7, 11) is 0. The Labute approximate surface area is 92.3 Å². The molecule has 0 N–H and O–H groups in total. The van der Waals surface area contributed by atoms with Crippen LogP contribution in [0.4, 0.5) is 13.2 Å². The highest BCUT2D eigenvalue weighted by atomic mass is 19.4. The maximum atomic E-state index is 12.6. The zero-order valence-corrected chi connectivity index (χ0v) is 8.92. The normalized spacial score (nSPS) is 13.5. The minimum absolute atomic E-state index is 0.135. The van der Waals surface area contributed by atoms with Gasteiger partial charge in [-0.3, -0.25) is 0 Å². The molecule has 88 valence electrons. The number of carbonyl (C=O) groups excluding carboxylic acids is 1. The van der Waals surface area contributed by atoms with Gasteiger partial charge in [0.1, 0.15) is 5.78 Å². The molecule has 0 saturated carbocycles. The van der Waals surface area contributed by atoms with Crippen molar-refractivity contribution in [1.29, 1.82) is 0 Å². The minimum atomic E-state index is -4.32. The molecule has 0 amide bonds. The van der Waals surface area contributed by atoms with Crippen molar-refractivity contribution in [3.05, 3.63) is 35.9 Å². The van der Waals surface area contributed by atoms with E-state index in [-0.39, 0.29) is 6.42 Å². The maximum absolute atomic E-state index is 12.6. The van der Waals surface area contributed by atoms with Gasteiger partial charge in [-0.05, 0) is 18.9 Å². The fourth-order valence-electron chi connectivity index (χ4n) is 1.55. The molecule has 16 heavy (non-hydrogen) atoms. The van der Waals surface area contributed by atoms with E-state index in [2.05, 4.69) is 0 Å². The second-order valence-electron chi connectivity index (χ2n) is 3.83. The van der Waals surface area contributed by atoms with Crippen molar-refractivity contribution in [2.75, 3.05) is 0 Å². The molecule has 0 aliphatic carbocycles. The number of hydrogen-bond acceptors (Lipinski definition) is 1. The minimum Gasteiger partial charge on any atom is -0.300 e. The summed E-state index contributed by atoms with van der Waals surface area (Å²) in [5.74, 6) is -2.01. The lowest BCUT2D eigenvalue weighted by Crippen LogP contribution is -2.27. The number of rotatable bonds is 4. The van der Waals surface area contributed by atoms with Gasteiger partial charge in [-0.2, -0.15) is 13.2 Å². The van der Waals surface area contributed by atoms with Crippen LogP contribution in [0.25, 0.3) is 0 Å². The Morgan fingerprint density at radius 2 is 1.81 bits per heavy atom. The molecule has 0 fully saturated rings. The Bertz CT molecular complexity index is 343. The fraction of sp³-hybridized carbons (Fsp3) is 0.417. The van der Waals surface area contributed by atoms with E-state index in [1.165, 1.54) is 6.92 Å². The van der Waals surface area contributed by atoms with Gasteiger partial charge in [0, 0.05) is 6.42 Å². The van der Waals surface area contributed by atoms with Crippen LogP contribution in [0.5, 0.6) is 0 Å². The molecule has 1 rings (SSSR count). The maximum Gasteiger partial charge on any atom is 0.392 e. The molecule has 1 nitrogen and oxygen atoms in total. The first-order valence-electron chi connectivity index (χ1n) is 4.99. The van der Waals surface area contributed by atoms with Crippen LogP contribution in [0.3, 0.4) is 0 Å². The summed E-state index contributed by atoms with van der Waals surface area (Å²) in [6.07, 6.45) is -4.90. The van der Waals surface area contributed by atoms with Crippen molar-refractivity contribution in [3.63, 3.8) is 0 Å². The average Bonchev–Trinajstić information content (AvgIpc) is 2.16. The summed E-state index contributed by atoms with van der Waals surface area (Å²) < 4.78 is 37.8. The summed E-state index contributed by atoms with van der Waals surface area (Å²) in [5, 5.41) is 0. The van der Waals surface area contributed by atoms with Crippen LogP contribution >= 0.6 is 0 Å². The Morgan fingerprint density at radius 3 is 2.25 bits per heavy atom. The predicted octanol–water partition coefficient (Wildman–Crippen LogP) is 3.39. The van der Waals surface area contributed by atoms with E-state index < -0.39 is 24.3 Å². The lowest BCUT2D eigenvalue weighted by Gasteiger charge is -2.19. The molecule has 0 aliphatic heterocycles. The smallest absolute Gasteiger partial charge is 0.300 e. The van der Waals surface area contributed by atoms with E-state index in [0.29, 0.717) is 5.56 Å². The van der Waals surface area contributed by atoms with Crippen LogP contribution in [0, 0.1) is 5.92 Å². The zero-order chi connectivity index (χ0) is 12.2. The molecule has 4 heteroatoms. The molecule has 1 aromatic carbocycles. The quantitative estimate of drug-likeness (QED) is 0.774. The largest absolute Gasteiger partial charge is 0.392 e. The fourth-order valence-corrected chi connectivity index (χ4v) is 1.55. The van der Waals surface area contributed by atoms with Crippen LogP contribution < -0.4 is 0 Å². The molecule has 1 atom stereocenters. The van der Waals surface area contributed by atoms with Crippen LogP contribution in [0.1, 0.15) is 18.9 Å². The monoisotopic (exact) mass is 230 g/mol. The van der Waals surface area contributed by atoms with E-state index >= 15 is 0 Å². The molecule has 0 heterocycles. The van der Waals surface area contributed by atoms with Gasteiger partial charge in [0.05, 0.1) is 5.92 Å². The van der Waals surface area contributed by atoms with Gasteiger partial charge < -0.3 is 4.79 Å². The zero-order valence-electron chi connectivity index (χ0n) is 8.92. The van der Waals surface area contributed by atoms with Crippen molar-refractivity contribution >= 4 is 5.78 Å². The van der Waals surface area contributed by atoms with E-state index in [1.807, 2.05) is 0 Å². The topological polar surface area (TPSA) is 17.1 Å². The Balaban J connectivity index is 2.75. The molecular weight excluding hydrogens is 217 g/mol. The highest BCUT2D eigenvalue weighted by Gasteiger charge is 2.39. The number of Topliss-reactive ketones (excluding diaryl/α,β-unsaturated/α-hetero) is 1. The summed E-state index contributed by atoms with van der Waals surface area (Å²) >= 11 is 0. The van der Waals surface area contributed by atoms with Crippen molar-refractivity contribution in [2.45, 2.75) is 25.9 Å². The summed E-state index contributed by atoms with van der Waals surface area (Å²) in [6.45, 7) is 1.18. The first-order valence-corrected chi connectivity index (χ1v) is 4.99. The molecule has 0 spiro atoms. The van der Waals surface area contributed by atoms with E-state index in [4.69, 9.17) is 0 Å². The van der Waals surface area contributed by atoms with Gasteiger partial charge in [-0.15, -0.1) is 0 Å². The number of ketones is 1. The van der Waals surface area contributed by atoms with Gasteiger partial charge in [0.25, 0.3) is 0 Å². The number of carbonyl (C=O) groups is 1. The van der Waals surface area contributed by atoms with Gasteiger partial charge in [0.2, 0.25) is 0 Å². The van der Waals surface area contributed by atoms with E-state index in [1.54, 1.807) is 30.3 Å². The molecule has 0 unspecified atom stereocenters. The van der Waals surface area contributed by atoms with Crippen LogP contribution in [-0.2, 0) is 11.2 Å². The summed E-state index contributed by atoms with van der Waals surface area (Å²) in [4.78, 5) is 10.8. The Morgan fingerprint density at radius 1 is 1.25 bits per heavy atom. The van der Waals surface area contributed by atoms with E-state index in [0.717, 1.165) is 0 Å². The molecule has 0 bridgehead atoms. The van der Waals surface area contributed by atoms with Crippen molar-refractivity contribution < 1.29 is 18.0 Å². The average molecular weight is 230 g/mol. The molecule has 1 aromatic rings. The third-order valence-corrected chi connectivity index (χ3v) is 2.32. The van der Waals surface area contributed by atoms with E-state index in [9.17, 15) is 18.0 Å². The van der Waals surface area contributed by atoms with Crippen LogP contribution in [0.2, 0.25) is 0 Å². The summed E-state index contributed by atoms with van der Waals surface area (Å²) in [5.41, 5.74) is 0.603. The number of benzene rings is 1. The Hall–Kier alpha value is -1.32. The number of halogens is 3. The second kappa shape index (κ2) is 5.14. The third kappa shape index (κ3) is 4.04.